The van der Waals surface area contributed by atoms with Gasteiger partial charge in [-0.25, -0.2) is 4.79 Å². The minimum absolute atomic E-state index is 0.0803. The van der Waals surface area contributed by atoms with Gasteiger partial charge >= 0.3 is 12.0 Å². The first-order valence-corrected chi connectivity index (χ1v) is 7.45. The number of urea groups is 1. The van der Waals surface area contributed by atoms with Crippen molar-refractivity contribution in [2.24, 2.45) is 0 Å². The van der Waals surface area contributed by atoms with Crippen molar-refractivity contribution in [1.82, 2.24) is 10.6 Å². The van der Waals surface area contributed by atoms with E-state index in [2.05, 4.69) is 10.6 Å². The zero-order chi connectivity index (χ0) is 16.5. The maximum absolute atomic E-state index is 12.1. The third-order valence-electron chi connectivity index (χ3n) is 3.22. The maximum Gasteiger partial charge on any atom is 0.315 e. The number of carbonyl (C=O) groups excluding carboxylic acids is 2. The maximum atomic E-state index is 12.1. The molecule has 0 aliphatic rings. The van der Waals surface area contributed by atoms with Crippen molar-refractivity contribution < 1.29 is 18.7 Å². The number of ether oxygens (including phenoxy) is 1. The van der Waals surface area contributed by atoms with Gasteiger partial charge < -0.3 is 19.8 Å². The Labute approximate surface area is 134 Å². The highest BCUT2D eigenvalue weighted by molar-refractivity contribution is 5.76. The number of hydrogen-bond donors (Lipinski definition) is 2. The first-order chi connectivity index (χ1) is 11.2. The Balaban J connectivity index is 1.96. The van der Waals surface area contributed by atoms with Crippen molar-refractivity contribution in [2.45, 2.75) is 25.9 Å². The van der Waals surface area contributed by atoms with E-state index < -0.39 is 6.04 Å². The smallest absolute Gasteiger partial charge is 0.315 e. The van der Waals surface area contributed by atoms with E-state index in [-0.39, 0.29) is 18.4 Å². The van der Waals surface area contributed by atoms with Crippen LogP contribution in [-0.4, -0.2) is 18.6 Å². The largest absolute Gasteiger partial charge is 0.472 e. The molecule has 1 unspecified atom stereocenters. The molecule has 2 rings (SSSR count). The molecule has 0 saturated carbocycles. The molecule has 0 aliphatic carbocycles. The number of nitrogens with one attached hydrogen (secondary N) is 2. The first-order valence-electron chi connectivity index (χ1n) is 7.45. The van der Waals surface area contributed by atoms with Gasteiger partial charge in [0.05, 0.1) is 31.6 Å². The molecule has 6 nitrogen and oxygen atoms in total. The van der Waals surface area contributed by atoms with Gasteiger partial charge in [0.2, 0.25) is 0 Å². The standard InChI is InChI=1S/C17H20N2O4/c1-2-23-16(20)10-15(14-6-4-3-5-7-14)19-17(21)18-11-13-8-9-22-12-13/h3-9,12,15H,2,10-11H2,1H3,(H2,18,19,21). The summed E-state index contributed by atoms with van der Waals surface area (Å²) in [6.45, 7) is 2.41. The lowest BCUT2D eigenvalue weighted by Crippen LogP contribution is -2.38. The molecule has 1 aromatic carbocycles. The van der Waals surface area contributed by atoms with E-state index in [0.29, 0.717) is 13.2 Å². The lowest BCUT2D eigenvalue weighted by atomic mass is 10.0. The number of hydrogen-bond acceptors (Lipinski definition) is 4. The lowest BCUT2D eigenvalue weighted by molar-refractivity contribution is -0.143. The normalized spacial score (nSPS) is 11.5. The molecule has 0 bridgehead atoms. The zero-order valence-electron chi connectivity index (χ0n) is 13.0. The average molecular weight is 316 g/mol. The molecule has 1 atom stereocenters. The Morgan fingerprint density at radius 2 is 2.00 bits per heavy atom. The first kappa shape index (κ1) is 16.6. The average Bonchev–Trinajstić information content (AvgIpc) is 3.07. The van der Waals surface area contributed by atoms with Gasteiger partial charge in [0.15, 0.2) is 0 Å². The molecule has 0 radical (unpaired) electrons. The van der Waals surface area contributed by atoms with E-state index in [4.69, 9.17) is 9.15 Å². The van der Waals surface area contributed by atoms with Crippen LogP contribution in [0.5, 0.6) is 0 Å². The van der Waals surface area contributed by atoms with E-state index in [0.717, 1.165) is 11.1 Å². The number of benzene rings is 1. The number of rotatable bonds is 7. The van der Waals surface area contributed by atoms with Gasteiger partial charge in [0, 0.05) is 12.1 Å². The van der Waals surface area contributed by atoms with E-state index in [9.17, 15) is 9.59 Å². The Morgan fingerprint density at radius 3 is 2.65 bits per heavy atom. The van der Waals surface area contributed by atoms with Gasteiger partial charge in [0.25, 0.3) is 0 Å². The van der Waals surface area contributed by atoms with Crippen LogP contribution in [0.15, 0.2) is 53.3 Å². The second kappa shape index (κ2) is 8.63. The quantitative estimate of drug-likeness (QED) is 0.770. The molecule has 0 aliphatic heterocycles. The van der Waals surface area contributed by atoms with Crippen LogP contribution in [0.3, 0.4) is 0 Å². The van der Waals surface area contributed by atoms with E-state index >= 15 is 0 Å². The summed E-state index contributed by atoms with van der Waals surface area (Å²) in [6.07, 6.45) is 3.19. The van der Waals surface area contributed by atoms with Gasteiger partial charge in [-0.05, 0) is 18.6 Å². The molecule has 0 spiro atoms. The second-order valence-corrected chi connectivity index (χ2v) is 4.93. The molecule has 0 fully saturated rings. The van der Waals surface area contributed by atoms with Gasteiger partial charge in [-0.3, -0.25) is 4.79 Å². The van der Waals surface area contributed by atoms with Gasteiger partial charge in [0.1, 0.15) is 0 Å². The predicted molar refractivity (Wildman–Crippen MR) is 84.5 cm³/mol. The Kier molecular flexibility index (Phi) is 6.23. The van der Waals surface area contributed by atoms with Crippen molar-refractivity contribution >= 4 is 12.0 Å². The van der Waals surface area contributed by atoms with Crippen LogP contribution >= 0.6 is 0 Å². The van der Waals surface area contributed by atoms with Crippen LogP contribution in [0.2, 0.25) is 0 Å². The monoisotopic (exact) mass is 316 g/mol. The Bertz CT molecular complexity index is 611. The number of amides is 2. The topological polar surface area (TPSA) is 80.6 Å². The molecule has 2 amide bonds. The summed E-state index contributed by atoms with van der Waals surface area (Å²) in [4.78, 5) is 23.8. The van der Waals surface area contributed by atoms with Crippen LogP contribution in [-0.2, 0) is 16.1 Å². The zero-order valence-corrected chi connectivity index (χ0v) is 13.0. The van der Waals surface area contributed by atoms with E-state index in [1.807, 2.05) is 30.3 Å². The Morgan fingerprint density at radius 1 is 1.22 bits per heavy atom. The number of furan rings is 1. The highest BCUT2D eigenvalue weighted by atomic mass is 16.5. The van der Waals surface area contributed by atoms with Crippen LogP contribution in [0.25, 0.3) is 0 Å². The van der Waals surface area contributed by atoms with Crippen LogP contribution in [0.1, 0.15) is 30.5 Å². The molecule has 2 aromatic rings. The summed E-state index contributed by atoms with van der Waals surface area (Å²) in [5.41, 5.74) is 1.71. The molecule has 2 N–H and O–H groups in total. The second-order valence-electron chi connectivity index (χ2n) is 4.93. The summed E-state index contributed by atoms with van der Waals surface area (Å²) in [7, 11) is 0. The van der Waals surface area contributed by atoms with Crippen molar-refractivity contribution in [3.8, 4) is 0 Å². The SMILES string of the molecule is CCOC(=O)CC(NC(=O)NCc1ccoc1)c1ccccc1. The third kappa shape index (κ3) is 5.50. The van der Waals surface area contributed by atoms with Crippen LogP contribution < -0.4 is 10.6 Å². The minimum atomic E-state index is -0.445. The number of esters is 1. The van der Waals surface area contributed by atoms with E-state index in [1.54, 1.807) is 25.5 Å². The summed E-state index contributed by atoms with van der Waals surface area (Å²) in [5.74, 6) is -0.350. The van der Waals surface area contributed by atoms with Gasteiger partial charge in [-0.15, -0.1) is 0 Å². The van der Waals surface area contributed by atoms with Crippen LogP contribution in [0, 0.1) is 0 Å². The molecule has 122 valence electrons. The molecule has 23 heavy (non-hydrogen) atoms. The van der Waals surface area contributed by atoms with Crippen molar-refractivity contribution in [1.29, 1.82) is 0 Å². The number of carbonyl (C=O) groups is 2. The van der Waals surface area contributed by atoms with Gasteiger partial charge in [-0.2, -0.15) is 0 Å². The summed E-state index contributed by atoms with van der Waals surface area (Å²) < 4.78 is 9.92. The van der Waals surface area contributed by atoms with Crippen molar-refractivity contribution in [3.63, 3.8) is 0 Å². The highest BCUT2D eigenvalue weighted by Crippen LogP contribution is 2.17. The van der Waals surface area contributed by atoms with E-state index in [1.165, 1.54) is 0 Å². The van der Waals surface area contributed by atoms with Crippen LogP contribution in [0.4, 0.5) is 4.79 Å². The Hall–Kier alpha value is -2.76. The molecule has 1 heterocycles. The fraction of sp³-hybridized carbons (Fsp3) is 0.294. The molecular weight excluding hydrogens is 296 g/mol. The van der Waals surface area contributed by atoms with Gasteiger partial charge in [-0.1, -0.05) is 30.3 Å². The lowest BCUT2D eigenvalue weighted by Gasteiger charge is -2.18. The molecule has 6 heteroatoms. The highest BCUT2D eigenvalue weighted by Gasteiger charge is 2.19. The summed E-state index contributed by atoms with van der Waals surface area (Å²) in [6, 6.07) is 10.3. The predicted octanol–water partition coefficient (Wildman–Crippen LogP) is 2.77. The molecule has 0 saturated heterocycles. The summed E-state index contributed by atoms with van der Waals surface area (Å²) >= 11 is 0. The molecular formula is C17H20N2O4. The third-order valence-corrected chi connectivity index (χ3v) is 3.22. The van der Waals surface area contributed by atoms with Crippen molar-refractivity contribution in [3.05, 3.63) is 60.1 Å². The minimum Gasteiger partial charge on any atom is -0.472 e. The van der Waals surface area contributed by atoms with Crippen molar-refractivity contribution in [2.75, 3.05) is 6.61 Å². The fourth-order valence-corrected chi connectivity index (χ4v) is 2.11. The fourth-order valence-electron chi connectivity index (χ4n) is 2.11. The molecule has 1 aromatic heterocycles. The summed E-state index contributed by atoms with van der Waals surface area (Å²) in [5, 5.41) is 5.53.